The average Bonchev–Trinajstić information content (AvgIpc) is 2.38. The highest BCUT2D eigenvalue weighted by Gasteiger charge is 2.02. The van der Waals surface area contributed by atoms with E-state index in [1.54, 1.807) is 0 Å². The maximum absolute atomic E-state index is 10.0. The summed E-state index contributed by atoms with van der Waals surface area (Å²) >= 11 is 0. The minimum absolute atomic E-state index is 0.219. The van der Waals surface area contributed by atoms with Gasteiger partial charge >= 0.3 is 0 Å². The summed E-state index contributed by atoms with van der Waals surface area (Å²) in [6.07, 6.45) is 2.77. The standard InChI is InChI=1S/C7H10N2O2/c1-2-3-6-8-7(4-5-10)11-9-6/h5H,2-4H2,1H3. The van der Waals surface area contributed by atoms with Crippen LogP contribution in [0.3, 0.4) is 0 Å². The van der Waals surface area contributed by atoms with Gasteiger partial charge in [-0.15, -0.1) is 0 Å². The van der Waals surface area contributed by atoms with Crippen molar-refractivity contribution in [2.75, 3.05) is 0 Å². The highest BCUT2D eigenvalue weighted by molar-refractivity contribution is 5.52. The summed E-state index contributed by atoms with van der Waals surface area (Å²) in [4.78, 5) is 14.0. The first-order valence-electron chi connectivity index (χ1n) is 3.62. The number of aryl methyl sites for hydroxylation is 1. The molecule has 0 aliphatic carbocycles. The minimum Gasteiger partial charge on any atom is -0.339 e. The zero-order valence-electron chi connectivity index (χ0n) is 6.41. The molecule has 1 aromatic rings. The van der Waals surface area contributed by atoms with E-state index >= 15 is 0 Å². The predicted octanol–water partition coefficient (Wildman–Crippen LogP) is 0.764. The molecule has 0 saturated heterocycles. The molecule has 0 amide bonds. The van der Waals surface area contributed by atoms with Crippen molar-refractivity contribution in [2.45, 2.75) is 26.2 Å². The number of carbonyl (C=O) groups excluding carboxylic acids is 1. The van der Waals surface area contributed by atoms with Crippen molar-refractivity contribution in [3.05, 3.63) is 11.7 Å². The van der Waals surface area contributed by atoms with Crippen LogP contribution in [-0.4, -0.2) is 16.4 Å². The van der Waals surface area contributed by atoms with E-state index < -0.39 is 0 Å². The molecule has 0 saturated carbocycles. The third-order valence-corrected chi connectivity index (χ3v) is 1.24. The van der Waals surface area contributed by atoms with Crippen LogP contribution in [0.5, 0.6) is 0 Å². The molecule has 0 aromatic carbocycles. The number of hydrogen-bond donors (Lipinski definition) is 0. The van der Waals surface area contributed by atoms with Crippen LogP contribution in [0.4, 0.5) is 0 Å². The van der Waals surface area contributed by atoms with Crippen LogP contribution in [0.1, 0.15) is 25.1 Å². The van der Waals surface area contributed by atoms with Crippen LogP contribution in [0.25, 0.3) is 0 Å². The van der Waals surface area contributed by atoms with Gasteiger partial charge in [0.15, 0.2) is 5.82 Å². The zero-order chi connectivity index (χ0) is 8.10. The van der Waals surface area contributed by atoms with E-state index in [9.17, 15) is 4.79 Å². The fourth-order valence-corrected chi connectivity index (χ4v) is 0.769. The van der Waals surface area contributed by atoms with Crippen LogP contribution < -0.4 is 0 Å². The number of hydrogen-bond acceptors (Lipinski definition) is 4. The first-order chi connectivity index (χ1) is 5.36. The Hall–Kier alpha value is -1.19. The first-order valence-corrected chi connectivity index (χ1v) is 3.62. The molecule has 1 heterocycles. The van der Waals surface area contributed by atoms with Gasteiger partial charge in [0, 0.05) is 6.42 Å². The van der Waals surface area contributed by atoms with Crippen molar-refractivity contribution >= 4 is 6.29 Å². The molecular formula is C7H10N2O2. The maximum Gasteiger partial charge on any atom is 0.233 e. The van der Waals surface area contributed by atoms with E-state index in [1.807, 2.05) is 6.92 Å². The molecule has 4 heteroatoms. The van der Waals surface area contributed by atoms with Crippen molar-refractivity contribution in [1.29, 1.82) is 0 Å². The Morgan fingerprint density at radius 2 is 2.45 bits per heavy atom. The van der Waals surface area contributed by atoms with Gasteiger partial charge in [0.1, 0.15) is 6.29 Å². The lowest BCUT2D eigenvalue weighted by atomic mass is 10.3. The number of nitrogens with zero attached hydrogens (tertiary/aromatic N) is 2. The summed E-state index contributed by atoms with van der Waals surface area (Å²) in [5.74, 6) is 1.09. The van der Waals surface area contributed by atoms with Crippen molar-refractivity contribution in [3.8, 4) is 0 Å². The lowest BCUT2D eigenvalue weighted by Crippen LogP contribution is -1.88. The quantitative estimate of drug-likeness (QED) is 0.601. The summed E-state index contributed by atoms with van der Waals surface area (Å²) in [7, 11) is 0. The van der Waals surface area contributed by atoms with Gasteiger partial charge in [-0.05, 0) is 6.42 Å². The molecule has 0 fully saturated rings. The van der Waals surface area contributed by atoms with E-state index in [1.165, 1.54) is 0 Å². The topological polar surface area (TPSA) is 56.0 Å². The molecule has 60 valence electrons. The summed E-state index contributed by atoms with van der Waals surface area (Å²) in [5.41, 5.74) is 0. The van der Waals surface area contributed by atoms with Crippen LogP contribution >= 0.6 is 0 Å². The Morgan fingerprint density at radius 1 is 1.64 bits per heavy atom. The van der Waals surface area contributed by atoms with E-state index in [4.69, 9.17) is 4.52 Å². The molecule has 1 aromatic heterocycles. The van der Waals surface area contributed by atoms with Crippen LogP contribution in [0.15, 0.2) is 4.52 Å². The molecule has 0 radical (unpaired) electrons. The van der Waals surface area contributed by atoms with Gasteiger partial charge in [-0.3, -0.25) is 0 Å². The Morgan fingerprint density at radius 3 is 3.09 bits per heavy atom. The SMILES string of the molecule is CCCc1noc(CC=O)n1. The second kappa shape index (κ2) is 3.85. The average molecular weight is 154 g/mol. The smallest absolute Gasteiger partial charge is 0.233 e. The highest BCUT2D eigenvalue weighted by atomic mass is 16.5. The number of aromatic nitrogens is 2. The molecule has 4 nitrogen and oxygen atoms in total. The largest absolute Gasteiger partial charge is 0.339 e. The third-order valence-electron chi connectivity index (χ3n) is 1.24. The number of carbonyl (C=O) groups is 1. The summed E-state index contributed by atoms with van der Waals surface area (Å²) in [6.45, 7) is 2.04. The van der Waals surface area contributed by atoms with Gasteiger partial charge in [0.05, 0.1) is 6.42 Å². The van der Waals surface area contributed by atoms with Gasteiger partial charge in [-0.2, -0.15) is 4.98 Å². The fraction of sp³-hybridized carbons (Fsp3) is 0.571. The Balaban J connectivity index is 2.57. The molecule has 0 bridgehead atoms. The first kappa shape index (κ1) is 7.91. The molecule has 0 aliphatic heterocycles. The second-order valence-electron chi connectivity index (χ2n) is 2.23. The highest BCUT2D eigenvalue weighted by Crippen LogP contribution is 1.99. The Labute approximate surface area is 64.6 Å². The van der Waals surface area contributed by atoms with Gasteiger partial charge in [0.25, 0.3) is 0 Å². The van der Waals surface area contributed by atoms with Crippen LogP contribution in [-0.2, 0) is 17.6 Å². The number of aldehydes is 1. The maximum atomic E-state index is 10.0. The van der Waals surface area contributed by atoms with E-state index in [0.29, 0.717) is 11.7 Å². The van der Waals surface area contributed by atoms with E-state index in [-0.39, 0.29) is 6.42 Å². The van der Waals surface area contributed by atoms with Gasteiger partial charge in [-0.25, -0.2) is 0 Å². The summed E-state index contributed by atoms with van der Waals surface area (Å²) in [5, 5.41) is 3.68. The lowest BCUT2D eigenvalue weighted by molar-refractivity contribution is -0.107. The molecule has 11 heavy (non-hydrogen) atoms. The molecule has 0 N–H and O–H groups in total. The predicted molar refractivity (Wildman–Crippen MR) is 38.1 cm³/mol. The Kier molecular flexibility index (Phi) is 2.77. The molecule has 0 atom stereocenters. The third kappa shape index (κ3) is 2.14. The molecule has 0 aliphatic rings. The second-order valence-corrected chi connectivity index (χ2v) is 2.23. The normalized spacial score (nSPS) is 9.91. The van der Waals surface area contributed by atoms with Crippen molar-refractivity contribution < 1.29 is 9.32 Å². The summed E-state index contributed by atoms with van der Waals surface area (Å²) < 4.78 is 4.77. The molecule has 0 unspecified atom stereocenters. The Bertz CT molecular complexity index is 232. The molecular weight excluding hydrogens is 144 g/mol. The van der Waals surface area contributed by atoms with Gasteiger partial charge in [-0.1, -0.05) is 12.1 Å². The van der Waals surface area contributed by atoms with E-state index in [0.717, 1.165) is 19.1 Å². The van der Waals surface area contributed by atoms with Gasteiger partial charge < -0.3 is 9.32 Å². The zero-order valence-corrected chi connectivity index (χ0v) is 6.41. The monoisotopic (exact) mass is 154 g/mol. The fourth-order valence-electron chi connectivity index (χ4n) is 0.769. The van der Waals surface area contributed by atoms with Crippen LogP contribution in [0.2, 0.25) is 0 Å². The van der Waals surface area contributed by atoms with Crippen molar-refractivity contribution in [3.63, 3.8) is 0 Å². The van der Waals surface area contributed by atoms with Crippen molar-refractivity contribution in [1.82, 2.24) is 10.1 Å². The summed E-state index contributed by atoms with van der Waals surface area (Å²) in [6, 6.07) is 0. The number of rotatable bonds is 4. The molecule has 0 spiro atoms. The van der Waals surface area contributed by atoms with Gasteiger partial charge in [0.2, 0.25) is 5.89 Å². The van der Waals surface area contributed by atoms with Crippen molar-refractivity contribution in [2.24, 2.45) is 0 Å². The van der Waals surface area contributed by atoms with Crippen LogP contribution in [0, 0.1) is 0 Å². The lowest BCUT2D eigenvalue weighted by Gasteiger charge is -1.82. The minimum atomic E-state index is 0.219. The van der Waals surface area contributed by atoms with E-state index in [2.05, 4.69) is 10.1 Å². The molecule has 1 rings (SSSR count).